The molecule has 2 amide bonds. The van der Waals surface area contributed by atoms with Gasteiger partial charge in [0.15, 0.2) is 0 Å². The number of carbonyl (C=O) groups excluding carboxylic acids is 2. The van der Waals surface area contributed by atoms with Gasteiger partial charge in [0.2, 0.25) is 11.8 Å². The summed E-state index contributed by atoms with van der Waals surface area (Å²) in [5.74, 6) is -0.102. The van der Waals surface area contributed by atoms with Crippen LogP contribution in [0.1, 0.15) is 49.8 Å². The van der Waals surface area contributed by atoms with E-state index in [9.17, 15) is 14.0 Å². The van der Waals surface area contributed by atoms with Gasteiger partial charge in [-0.3, -0.25) is 9.59 Å². The molecule has 0 aliphatic rings. The molecule has 0 heterocycles. The van der Waals surface area contributed by atoms with Gasteiger partial charge in [0.05, 0.1) is 6.61 Å². The van der Waals surface area contributed by atoms with Crippen LogP contribution < -0.4 is 10.1 Å². The van der Waals surface area contributed by atoms with Crippen LogP contribution in [0.3, 0.4) is 0 Å². The molecule has 0 fully saturated rings. The lowest BCUT2D eigenvalue weighted by Crippen LogP contribution is -2.52. The standard InChI is InChI=1S/C31H37FN2O3/c1-4-24(3)33-31(36)29(21-25-11-6-5-7-12-25)34(22-26-13-8-9-14-28(26)32)30(35)15-10-20-37-27-18-16-23(2)17-19-27/h5-9,11-14,16-19,24,29H,4,10,15,20-22H2,1-3H3,(H,33,36)/t24-,29-/m1/s1. The van der Waals surface area contributed by atoms with Gasteiger partial charge in [0, 0.05) is 31.0 Å². The highest BCUT2D eigenvalue weighted by atomic mass is 19.1. The third-order valence-electron chi connectivity index (χ3n) is 6.40. The Morgan fingerprint density at radius 1 is 0.973 bits per heavy atom. The predicted octanol–water partition coefficient (Wildman–Crippen LogP) is 5.85. The fourth-order valence-corrected chi connectivity index (χ4v) is 4.00. The molecule has 0 aliphatic carbocycles. The van der Waals surface area contributed by atoms with Crippen LogP contribution in [-0.4, -0.2) is 35.4 Å². The normalized spacial score (nSPS) is 12.4. The number of nitrogens with zero attached hydrogens (tertiary/aromatic N) is 1. The summed E-state index contributed by atoms with van der Waals surface area (Å²) in [7, 11) is 0. The van der Waals surface area contributed by atoms with Crippen LogP contribution in [0.25, 0.3) is 0 Å². The third-order valence-corrected chi connectivity index (χ3v) is 6.40. The Morgan fingerprint density at radius 2 is 1.65 bits per heavy atom. The number of benzene rings is 3. The van der Waals surface area contributed by atoms with Crippen molar-refractivity contribution in [2.75, 3.05) is 6.61 Å². The Hall–Kier alpha value is -3.67. The summed E-state index contributed by atoms with van der Waals surface area (Å²) in [4.78, 5) is 28.6. The van der Waals surface area contributed by atoms with Crippen LogP contribution in [0, 0.1) is 12.7 Å². The summed E-state index contributed by atoms with van der Waals surface area (Å²) < 4.78 is 20.4. The van der Waals surface area contributed by atoms with Crippen molar-refractivity contribution in [1.82, 2.24) is 10.2 Å². The lowest BCUT2D eigenvalue weighted by Gasteiger charge is -2.32. The second-order valence-electron chi connectivity index (χ2n) is 9.40. The van der Waals surface area contributed by atoms with Crippen LogP contribution in [0.4, 0.5) is 4.39 Å². The van der Waals surface area contributed by atoms with E-state index in [2.05, 4.69) is 5.32 Å². The summed E-state index contributed by atoms with van der Waals surface area (Å²) in [6.07, 6.45) is 1.76. The summed E-state index contributed by atoms with van der Waals surface area (Å²) in [6.45, 7) is 6.31. The molecular formula is C31H37FN2O3. The highest BCUT2D eigenvalue weighted by Crippen LogP contribution is 2.19. The van der Waals surface area contributed by atoms with E-state index in [-0.39, 0.29) is 30.8 Å². The van der Waals surface area contributed by atoms with Gasteiger partial charge in [0.25, 0.3) is 0 Å². The van der Waals surface area contributed by atoms with Gasteiger partial charge in [-0.15, -0.1) is 0 Å². The van der Waals surface area contributed by atoms with Crippen molar-refractivity contribution in [1.29, 1.82) is 0 Å². The number of amides is 2. The minimum absolute atomic E-state index is 0.00967. The van der Waals surface area contributed by atoms with Crippen LogP contribution in [0.5, 0.6) is 5.75 Å². The monoisotopic (exact) mass is 504 g/mol. The molecule has 0 aromatic heterocycles. The lowest BCUT2D eigenvalue weighted by atomic mass is 10.0. The van der Waals surface area contributed by atoms with E-state index in [1.165, 1.54) is 11.0 Å². The molecule has 2 atom stereocenters. The molecule has 0 saturated carbocycles. The van der Waals surface area contributed by atoms with Gasteiger partial charge in [-0.2, -0.15) is 0 Å². The molecule has 3 aromatic carbocycles. The first-order chi connectivity index (χ1) is 17.9. The second kappa shape index (κ2) is 14.2. The van der Waals surface area contributed by atoms with Gasteiger partial charge < -0.3 is 15.0 Å². The molecule has 1 N–H and O–H groups in total. The van der Waals surface area contributed by atoms with E-state index in [1.807, 2.05) is 75.4 Å². The largest absolute Gasteiger partial charge is 0.494 e. The Labute approximate surface area is 219 Å². The first-order valence-corrected chi connectivity index (χ1v) is 12.9. The number of hydrogen-bond acceptors (Lipinski definition) is 3. The summed E-state index contributed by atoms with van der Waals surface area (Å²) >= 11 is 0. The van der Waals surface area contributed by atoms with Crippen molar-refractivity contribution < 1.29 is 18.7 Å². The number of nitrogens with one attached hydrogen (secondary N) is 1. The number of rotatable bonds is 13. The quantitative estimate of drug-likeness (QED) is 0.297. The zero-order valence-corrected chi connectivity index (χ0v) is 22.0. The van der Waals surface area contributed by atoms with Crippen LogP contribution >= 0.6 is 0 Å². The zero-order chi connectivity index (χ0) is 26.6. The average molecular weight is 505 g/mol. The molecule has 0 bridgehead atoms. The topological polar surface area (TPSA) is 58.6 Å². The first-order valence-electron chi connectivity index (χ1n) is 12.9. The Balaban J connectivity index is 1.80. The SMILES string of the molecule is CC[C@@H](C)NC(=O)[C@@H](Cc1ccccc1)N(Cc1ccccc1F)C(=O)CCCOc1ccc(C)cc1. The summed E-state index contributed by atoms with van der Waals surface area (Å²) in [5.41, 5.74) is 2.45. The van der Waals surface area contributed by atoms with E-state index in [1.54, 1.807) is 18.2 Å². The Morgan fingerprint density at radius 3 is 2.32 bits per heavy atom. The van der Waals surface area contributed by atoms with E-state index in [4.69, 9.17) is 4.74 Å². The van der Waals surface area contributed by atoms with Crippen molar-refractivity contribution in [3.8, 4) is 5.75 Å². The minimum Gasteiger partial charge on any atom is -0.494 e. The van der Waals surface area contributed by atoms with Crippen LogP contribution in [0.15, 0.2) is 78.9 Å². The fraction of sp³-hybridized carbons (Fsp3) is 0.355. The molecule has 6 heteroatoms. The van der Waals surface area contributed by atoms with Gasteiger partial charge in [-0.25, -0.2) is 4.39 Å². The van der Waals surface area contributed by atoms with Crippen LogP contribution in [0.2, 0.25) is 0 Å². The molecular weight excluding hydrogens is 467 g/mol. The van der Waals surface area contributed by atoms with Crippen molar-refractivity contribution in [2.45, 2.75) is 65.1 Å². The number of carbonyl (C=O) groups is 2. The van der Waals surface area contributed by atoms with Crippen molar-refractivity contribution in [3.05, 3.63) is 101 Å². The summed E-state index contributed by atoms with van der Waals surface area (Å²) in [6, 6.07) is 22.9. The molecule has 37 heavy (non-hydrogen) atoms. The Bertz CT molecular complexity index is 1130. The van der Waals surface area contributed by atoms with E-state index < -0.39 is 11.9 Å². The molecule has 0 saturated heterocycles. The minimum atomic E-state index is -0.776. The zero-order valence-electron chi connectivity index (χ0n) is 22.0. The van der Waals surface area contributed by atoms with Crippen molar-refractivity contribution in [2.24, 2.45) is 0 Å². The third kappa shape index (κ3) is 8.74. The molecule has 196 valence electrons. The Kier molecular flexibility index (Phi) is 10.7. The maximum atomic E-state index is 14.6. The molecule has 0 unspecified atom stereocenters. The van der Waals surface area contributed by atoms with E-state index in [0.29, 0.717) is 25.0 Å². The molecule has 0 spiro atoms. The molecule has 0 radical (unpaired) electrons. The summed E-state index contributed by atoms with van der Waals surface area (Å²) in [5, 5.41) is 3.03. The fourth-order valence-electron chi connectivity index (χ4n) is 4.00. The molecule has 3 rings (SSSR count). The first kappa shape index (κ1) is 27.9. The second-order valence-corrected chi connectivity index (χ2v) is 9.40. The number of hydrogen-bond donors (Lipinski definition) is 1. The molecule has 0 aliphatic heterocycles. The molecule has 5 nitrogen and oxygen atoms in total. The maximum Gasteiger partial charge on any atom is 0.243 e. The van der Waals surface area contributed by atoms with Crippen molar-refractivity contribution in [3.63, 3.8) is 0 Å². The van der Waals surface area contributed by atoms with Gasteiger partial charge in [-0.1, -0.05) is 73.2 Å². The van der Waals surface area contributed by atoms with Gasteiger partial charge >= 0.3 is 0 Å². The predicted molar refractivity (Wildman–Crippen MR) is 145 cm³/mol. The molecule has 3 aromatic rings. The van der Waals surface area contributed by atoms with Crippen LogP contribution in [-0.2, 0) is 22.6 Å². The highest BCUT2D eigenvalue weighted by Gasteiger charge is 2.31. The lowest BCUT2D eigenvalue weighted by molar-refractivity contribution is -0.141. The van der Waals surface area contributed by atoms with E-state index >= 15 is 0 Å². The maximum absolute atomic E-state index is 14.6. The average Bonchev–Trinajstić information content (AvgIpc) is 2.91. The number of halogens is 1. The van der Waals surface area contributed by atoms with Crippen molar-refractivity contribution >= 4 is 11.8 Å². The van der Waals surface area contributed by atoms with E-state index in [0.717, 1.165) is 23.3 Å². The number of aryl methyl sites for hydroxylation is 1. The number of ether oxygens (including phenoxy) is 1. The van der Waals surface area contributed by atoms with Gasteiger partial charge in [-0.05, 0) is 50.5 Å². The smallest absolute Gasteiger partial charge is 0.243 e. The highest BCUT2D eigenvalue weighted by molar-refractivity contribution is 5.88. The van der Waals surface area contributed by atoms with Gasteiger partial charge in [0.1, 0.15) is 17.6 Å².